The summed E-state index contributed by atoms with van der Waals surface area (Å²) in [7, 11) is 0. The Labute approximate surface area is 160 Å². The van der Waals surface area contributed by atoms with Gasteiger partial charge in [-0.1, -0.05) is 6.92 Å². The number of nitrogens with one attached hydrogen (secondary N) is 1. The number of fused-ring (bicyclic) bond motifs is 2. The number of thiophene rings is 2. The third kappa shape index (κ3) is 3.22. The Kier molecular flexibility index (Phi) is 4.70. The highest BCUT2D eigenvalue weighted by molar-refractivity contribution is 7.17. The molecule has 0 saturated carbocycles. The van der Waals surface area contributed by atoms with Crippen LogP contribution >= 0.6 is 22.7 Å². The summed E-state index contributed by atoms with van der Waals surface area (Å²) in [6, 6.07) is 8.68. The molecule has 0 amide bonds. The van der Waals surface area contributed by atoms with Crippen LogP contribution in [0.25, 0.3) is 26.1 Å². The fourth-order valence-corrected chi connectivity index (χ4v) is 4.97. The van der Waals surface area contributed by atoms with Crippen LogP contribution in [0.3, 0.4) is 0 Å². The number of aromatic nitrogens is 4. The maximum atomic E-state index is 4.39. The lowest BCUT2D eigenvalue weighted by Crippen LogP contribution is -1.96. The summed E-state index contributed by atoms with van der Waals surface area (Å²) < 4.78 is 4.29. The van der Waals surface area contributed by atoms with Crippen molar-refractivity contribution in [2.75, 3.05) is 0 Å². The van der Waals surface area contributed by atoms with Crippen molar-refractivity contribution in [2.45, 2.75) is 33.7 Å². The first-order valence-corrected chi connectivity index (χ1v) is 10.5. The Bertz CT molecular complexity index is 1110. The second-order valence-corrected chi connectivity index (χ2v) is 8.23. The van der Waals surface area contributed by atoms with Gasteiger partial charge in [-0.2, -0.15) is 5.10 Å². The molecule has 0 spiro atoms. The minimum atomic E-state index is 0.980. The summed E-state index contributed by atoms with van der Waals surface area (Å²) in [4.78, 5) is 5.85. The van der Waals surface area contributed by atoms with Crippen LogP contribution in [0.1, 0.15) is 24.7 Å². The summed E-state index contributed by atoms with van der Waals surface area (Å²) in [6.07, 6.45) is 5.18. The molecule has 0 aliphatic heterocycles. The van der Waals surface area contributed by atoms with Gasteiger partial charge in [-0.15, -0.1) is 22.7 Å². The number of hydrogen-bond acceptors (Lipinski definition) is 3. The summed E-state index contributed by atoms with van der Waals surface area (Å²) in [5.41, 5.74) is 3.67. The zero-order valence-corrected chi connectivity index (χ0v) is 16.8. The van der Waals surface area contributed by atoms with Crippen LogP contribution in [0.15, 0.2) is 47.4 Å². The van der Waals surface area contributed by atoms with E-state index in [0.29, 0.717) is 0 Å². The maximum Gasteiger partial charge on any atom is 0.107 e. The quantitative estimate of drug-likeness (QED) is 0.399. The van der Waals surface area contributed by atoms with Crippen LogP contribution in [0.5, 0.6) is 0 Å². The third-order valence-corrected chi connectivity index (χ3v) is 6.06. The fourth-order valence-electron chi connectivity index (χ4n) is 3.18. The summed E-state index contributed by atoms with van der Waals surface area (Å²) >= 11 is 3.53. The van der Waals surface area contributed by atoms with E-state index >= 15 is 0 Å². The van der Waals surface area contributed by atoms with E-state index in [0.717, 1.165) is 18.7 Å². The highest BCUT2D eigenvalue weighted by Crippen LogP contribution is 2.28. The molecule has 0 atom stereocenters. The molecule has 0 saturated heterocycles. The van der Waals surface area contributed by atoms with Gasteiger partial charge < -0.3 is 9.55 Å². The zero-order chi connectivity index (χ0) is 18.1. The topological polar surface area (TPSA) is 38.5 Å². The number of nitrogens with zero attached hydrogens (tertiary/aromatic N) is 3. The van der Waals surface area contributed by atoms with E-state index in [1.807, 2.05) is 10.9 Å². The fraction of sp³-hybridized carbons (Fsp3) is 0.250. The van der Waals surface area contributed by atoms with Crippen LogP contribution < -0.4 is 0 Å². The van der Waals surface area contributed by atoms with E-state index in [1.165, 1.54) is 31.8 Å². The molecule has 0 bridgehead atoms. The molecule has 0 aromatic carbocycles. The van der Waals surface area contributed by atoms with Gasteiger partial charge in [0, 0.05) is 34.9 Å². The molecule has 4 nitrogen and oxygen atoms in total. The highest BCUT2D eigenvalue weighted by Gasteiger charge is 2.10. The second-order valence-electron chi connectivity index (χ2n) is 6.42. The van der Waals surface area contributed by atoms with E-state index in [-0.39, 0.29) is 0 Å². The lowest BCUT2D eigenvalue weighted by atomic mass is 10.4. The van der Waals surface area contributed by atoms with E-state index < -0.39 is 0 Å². The molecule has 0 radical (unpaired) electrons. The van der Waals surface area contributed by atoms with Gasteiger partial charge in [0.1, 0.15) is 4.83 Å². The lowest BCUT2D eigenvalue weighted by molar-refractivity contribution is 0.602. The summed E-state index contributed by atoms with van der Waals surface area (Å²) in [6.45, 7) is 7.37. The van der Waals surface area contributed by atoms with Crippen molar-refractivity contribution in [1.82, 2.24) is 19.3 Å². The SMILES string of the molecule is CCCn1cc(-n2c(C)cc3ccsc32)cn1.Cc1cc2ccsc2[nH]1. The molecule has 0 aliphatic carbocycles. The van der Waals surface area contributed by atoms with Gasteiger partial charge in [0.05, 0.1) is 16.7 Å². The van der Waals surface area contributed by atoms with Crippen LogP contribution in [-0.2, 0) is 6.54 Å². The van der Waals surface area contributed by atoms with Crippen molar-refractivity contribution < 1.29 is 0 Å². The first-order chi connectivity index (χ1) is 12.7. The molecule has 0 aliphatic rings. The molecule has 26 heavy (non-hydrogen) atoms. The summed E-state index contributed by atoms with van der Waals surface area (Å²) in [5, 5.41) is 11.3. The zero-order valence-electron chi connectivity index (χ0n) is 15.2. The average molecular weight is 383 g/mol. The maximum absolute atomic E-state index is 4.39. The lowest BCUT2D eigenvalue weighted by Gasteiger charge is -2.02. The Morgan fingerprint density at radius 3 is 2.69 bits per heavy atom. The van der Waals surface area contributed by atoms with Gasteiger partial charge in [-0.25, -0.2) is 0 Å². The highest BCUT2D eigenvalue weighted by atomic mass is 32.1. The van der Waals surface area contributed by atoms with Gasteiger partial charge in [-0.05, 0) is 55.3 Å². The van der Waals surface area contributed by atoms with Gasteiger partial charge in [-0.3, -0.25) is 4.68 Å². The Morgan fingerprint density at radius 1 is 1.08 bits per heavy atom. The molecule has 5 aromatic rings. The standard InChI is InChI=1S/C13H15N3S.C7H7NS/c1-3-5-15-9-12(8-14-15)16-10(2)7-11-4-6-17-13(11)16;1-5-4-6-2-3-9-7(6)8-5/h4,6-9H,3,5H2,1-2H3;2-4,8H,1H3. The van der Waals surface area contributed by atoms with Crippen molar-refractivity contribution in [2.24, 2.45) is 0 Å². The van der Waals surface area contributed by atoms with Crippen molar-refractivity contribution in [1.29, 1.82) is 0 Å². The van der Waals surface area contributed by atoms with Crippen LogP contribution in [0.4, 0.5) is 0 Å². The smallest absolute Gasteiger partial charge is 0.107 e. The van der Waals surface area contributed by atoms with Gasteiger partial charge in [0.15, 0.2) is 0 Å². The van der Waals surface area contributed by atoms with E-state index in [1.54, 1.807) is 22.7 Å². The second kappa shape index (κ2) is 7.13. The number of aryl methyl sites for hydroxylation is 3. The third-order valence-electron chi connectivity index (χ3n) is 4.30. The van der Waals surface area contributed by atoms with Crippen molar-refractivity contribution >= 4 is 43.1 Å². The first-order valence-electron chi connectivity index (χ1n) is 8.77. The number of hydrogen-bond donors (Lipinski definition) is 1. The monoisotopic (exact) mass is 382 g/mol. The first kappa shape index (κ1) is 17.1. The van der Waals surface area contributed by atoms with Crippen molar-refractivity contribution in [3.05, 3.63) is 58.8 Å². The van der Waals surface area contributed by atoms with Crippen molar-refractivity contribution in [3.63, 3.8) is 0 Å². The predicted octanol–water partition coefficient (Wildman–Crippen LogP) is 6.14. The Hall–Kier alpha value is -2.31. The molecular weight excluding hydrogens is 360 g/mol. The molecule has 1 N–H and O–H groups in total. The Balaban J connectivity index is 0.000000157. The molecule has 5 aromatic heterocycles. The van der Waals surface area contributed by atoms with Crippen LogP contribution in [0.2, 0.25) is 0 Å². The predicted molar refractivity (Wildman–Crippen MR) is 113 cm³/mol. The average Bonchev–Trinajstić information content (AvgIpc) is 3.35. The number of H-pyrrole nitrogens is 1. The van der Waals surface area contributed by atoms with Crippen molar-refractivity contribution in [3.8, 4) is 5.69 Å². The van der Waals surface area contributed by atoms with Crippen LogP contribution in [-0.4, -0.2) is 19.3 Å². The molecule has 6 heteroatoms. The van der Waals surface area contributed by atoms with E-state index in [4.69, 9.17) is 0 Å². The normalized spacial score (nSPS) is 11.2. The number of aromatic amines is 1. The van der Waals surface area contributed by atoms with Gasteiger partial charge in [0.2, 0.25) is 0 Å². The number of rotatable bonds is 3. The minimum absolute atomic E-state index is 0.980. The van der Waals surface area contributed by atoms with E-state index in [2.05, 4.69) is 76.6 Å². The molecule has 134 valence electrons. The Morgan fingerprint density at radius 2 is 1.88 bits per heavy atom. The largest absolute Gasteiger partial charge is 0.350 e. The van der Waals surface area contributed by atoms with Crippen LogP contribution in [0, 0.1) is 13.8 Å². The molecule has 0 unspecified atom stereocenters. The molecule has 5 heterocycles. The summed E-state index contributed by atoms with van der Waals surface area (Å²) in [5.74, 6) is 0. The molecular formula is C20H22N4S2. The van der Waals surface area contributed by atoms with E-state index in [9.17, 15) is 0 Å². The molecule has 0 fully saturated rings. The molecule has 5 rings (SSSR count). The minimum Gasteiger partial charge on any atom is -0.350 e. The van der Waals surface area contributed by atoms with Gasteiger partial charge in [0.25, 0.3) is 0 Å². The van der Waals surface area contributed by atoms with Gasteiger partial charge >= 0.3 is 0 Å².